The number of Topliss-reactive ketones (excluding diaryl/α,β-unsaturated/α-hetero) is 1. The first-order valence-corrected chi connectivity index (χ1v) is 6.33. The Bertz CT molecular complexity index is 883. The standard InChI is InChI=1S/C15H9N3O5/c1-9-2-3-10(17(20)21)6-13(9)14-7-11(18(22)23)4-5-12(14)15(19)8-16/h2-7H,1H3. The van der Waals surface area contributed by atoms with Crippen LogP contribution in [0.1, 0.15) is 15.9 Å². The van der Waals surface area contributed by atoms with E-state index in [-0.39, 0.29) is 22.5 Å². The number of non-ortho nitro benzene ring substituents is 2. The predicted octanol–water partition coefficient (Wildman–Crippen LogP) is 3.18. The molecule has 0 fully saturated rings. The van der Waals surface area contributed by atoms with Gasteiger partial charge in [0.15, 0.2) is 0 Å². The SMILES string of the molecule is Cc1ccc([N+](=O)[O-])cc1-c1cc([N+](=O)[O-])ccc1C(=O)C#N. The Morgan fingerprint density at radius 2 is 1.52 bits per heavy atom. The van der Waals surface area contributed by atoms with Gasteiger partial charge < -0.3 is 0 Å². The van der Waals surface area contributed by atoms with E-state index in [0.717, 1.165) is 12.1 Å². The lowest BCUT2D eigenvalue weighted by atomic mass is 9.93. The highest BCUT2D eigenvalue weighted by Crippen LogP contribution is 2.33. The zero-order valence-corrected chi connectivity index (χ0v) is 11.8. The summed E-state index contributed by atoms with van der Waals surface area (Å²) >= 11 is 0. The molecule has 8 nitrogen and oxygen atoms in total. The van der Waals surface area contributed by atoms with Gasteiger partial charge in [-0.25, -0.2) is 0 Å². The summed E-state index contributed by atoms with van der Waals surface area (Å²) in [6.07, 6.45) is 0. The number of aryl methyl sites for hydroxylation is 1. The first-order valence-electron chi connectivity index (χ1n) is 6.33. The number of nitriles is 1. The summed E-state index contributed by atoms with van der Waals surface area (Å²) in [4.78, 5) is 32.4. The summed E-state index contributed by atoms with van der Waals surface area (Å²) in [6, 6.07) is 8.88. The first-order chi connectivity index (χ1) is 10.8. The Morgan fingerprint density at radius 1 is 1.00 bits per heavy atom. The third kappa shape index (κ3) is 3.03. The van der Waals surface area contributed by atoms with Gasteiger partial charge in [0.05, 0.1) is 9.85 Å². The molecule has 2 rings (SSSR count). The van der Waals surface area contributed by atoms with E-state index in [1.807, 2.05) is 0 Å². The monoisotopic (exact) mass is 311 g/mol. The number of hydrogen-bond donors (Lipinski definition) is 0. The Balaban J connectivity index is 2.79. The molecule has 0 heterocycles. The summed E-state index contributed by atoms with van der Waals surface area (Å²) in [5.74, 6) is -0.874. The normalized spacial score (nSPS) is 9.91. The fourth-order valence-electron chi connectivity index (χ4n) is 2.14. The minimum absolute atomic E-state index is 0.0401. The van der Waals surface area contributed by atoms with Crippen LogP contribution >= 0.6 is 0 Å². The molecule has 0 unspecified atom stereocenters. The predicted molar refractivity (Wildman–Crippen MR) is 79.9 cm³/mol. The quantitative estimate of drug-likeness (QED) is 0.369. The Kier molecular flexibility index (Phi) is 4.14. The number of carbonyl (C=O) groups excluding carboxylic acids is 1. The van der Waals surface area contributed by atoms with E-state index in [2.05, 4.69) is 0 Å². The molecule has 0 aliphatic rings. The highest BCUT2D eigenvalue weighted by Gasteiger charge is 2.20. The van der Waals surface area contributed by atoms with Crippen molar-refractivity contribution in [1.82, 2.24) is 0 Å². The van der Waals surface area contributed by atoms with Crippen molar-refractivity contribution in [3.8, 4) is 17.2 Å². The summed E-state index contributed by atoms with van der Waals surface area (Å²) in [5.41, 5.74) is 0.464. The van der Waals surface area contributed by atoms with Crippen molar-refractivity contribution >= 4 is 17.2 Å². The van der Waals surface area contributed by atoms with Crippen molar-refractivity contribution < 1.29 is 14.6 Å². The minimum atomic E-state index is -0.874. The molecule has 23 heavy (non-hydrogen) atoms. The second-order valence-electron chi connectivity index (χ2n) is 4.68. The highest BCUT2D eigenvalue weighted by atomic mass is 16.6. The van der Waals surface area contributed by atoms with E-state index in [9.17, 15) is 25.0 Å². The van der Waals surface area contributed by atoms with E-state index in [1.54, 1.807) is 6.92 Å². The Morgan fingerprint density at radius 3 is 2.04 bits per heavy atom. The van der Waals surface area contributed by atoms with Gasteiger partial charge in [-0.15, -0.1) is 0 Å². The molecular weight excluding hydrogens is 302 g/mol. The lowest BCUT2D eigenvalue weighted by molar-refractivity contribution is -0.385. The maximum absolute atomic E-state index is 11.8. The Hall–Kier alpha value is -3.60. The van der Waals surface area contributed by atoms with Crippen LogP contribution in [-0.4, -0.2) is 15.6 Å². The van der Waals surface area contributed by atoms with Crippen molar-refractivity contribution in [2.45, 2.75) is 6.92 Å². The van der Waals surface area contributed by atoms with E-state index in [4.69, 9.17) is 5.26 Å². The molecular formula is C15H9N3O5. The van der Waals surface area contributed by atoms with E-state index in [1.165, 1.54) is 30.3 Å². The molecule has 0 aromatic heterocycles. The van der Waals surface area contributed by atoms with Gasteiger partial charge in [-0.1, -0.05) is 6.07 Å². The van der Waals surface area contributed by atoms with Gasteiger partial charge in [-0.05, 0) is 24.1 Å². The second-order valence-corrected chi connectivity index (χ2v) is 4.68. The molecule has 0 spiro atoms. The fraction of sp³-hybridized carbons (Fsp3) is 0.0667. The summed E-state index contributed by atoms with van der Waals surface area (Å²) in [6.45, 7) is 1.65. The largest absolute Gasteiger partial charge is 0.277 e. The summed E-state index contributed by atoms with van der Waals surface area (Å²) < 4.78 is 0. The molecule has 0 aliphatic carbocycles. The van der Waals surface area contributed by atoms with E-state index in [0.29, 0.717) is 11.1 Å². The number of nitrogens with zero attached hydrogens (tertiary/aromatic N) is 3. The van der Waals surface area contributed by atoms with Crippen LogP contribution in [0.15, 0.2) is 36.4 Å². The molecule has 2 aromatic carbocycles. The number of carbonyl (C=O) groups is 1. The van der Waals surface area contributed by atoms with Crippen LogP contribution in [-0.2, 0) is 0 Å². The molecule has 0 radical (unpaired) electrons. The van der Waals surface area contributed by atoms with Crippen molar-refractivity contribution in [2.24, 2.45) is 0 Å². The summed E-state index contributed by atoms with van der Waals surface area (Å²) in [7, 11) is 0. The first kappa shape index (κ1) is 15.8. The number of rotatable bonds is 4. The van der Waals surface area contributed by atoms with Crippen LogP contribution in [0.4, 0.5) is 11.4 Å². The summed E-state index contributed by atoms with van der Waals surface area (Å²) in [5, 5.41) is 30.7. The van der Waals surface area contributed by atoms with Gasteiger partial charge in [-0.2, -0.15) is 5.26 Å². The van der Waals surface area contributed by atoms with Crippen molar-refractivity contribution in [3.63, 3.8) is 0 Å². The van der Waals surface area contributed by atoms with Crippen LogP contribution < -0.4 is 0 Å². The smallest absolute Gasteiger partial charge is 0.270 e. The van der Waals surface area contributed by atoms with E-state index < -0.39 is 15.6 Å². The Labute approximate surface area is 129 Å². The van der Waals surface area contributed by atoms with Crippen LogP contribution in [0.3, 0.4) is 0 Å². The molecule has 0 saturated carbocycles. The van der Waals surface area contributed by atoms with Gasteiger partial charge in [0.25, 0.3) is 17.2 Å². The number of nitro groups is 2. The zero-order valence-electron chi connectivity index (χ0n) is 11.8. The molecule has 8 heteroatoms. The maximum Gasteiger partial charge on any atom is 0.270 e. The second kappa shape index (κ2) is 6.03. The topological polar surface area (TPSA) is 127 Å². The third-order valence-electron chi connectivity index (χ3n) is 3.28. The van der Waals surface area contributed by atoms with Crippen LogP contribution in [0, 0.1) is 38.5 Å². The molecule has 114 valence electrons. The average molecular weight is 311 g/mol. The fourth-order valence-corrected chi connectivity index (χ4v) is 2.14. The third-order valence-corrected chi connectivity index (χ3v) is 3.28. The lowest BCUT2D eigenvalue weighted by Gasteiger charge is -2.09. The minimum Gasteiger partial charge on any atom is -0.277 e. The van der Waals surface area contributed by atoms with Gasteiger partial charge in [0, 0.05) is 35.4 Å². The van der Waals surface area contributed by atoms with Gasteiger partial charge in [0.2, 0.25) is 0 Å². The number of nitro benzene ring substituents is 2. The van der Waals surface area contributed by atoms with Crippen LogP contribution in [0.5, 0.6) is 0 Å². The van der Waals surface area contributed by atoms with E-state index >= 15 is 0 Å². The number of hydrogen-bond acceptors (Lipinski definition) is 6. The average Bonchev–Trinajstić information content (AvgIpc) is 2.53. The molecule has 0 bridgehead atoms. The maximum atomic E-state index is 11.8. The van der Waals surface area contributed by atoms with Crippen molar-refractivity contribution in [3.05, 3.63) is 67.8 Å². The number of ketones is 1. The van der Waals surface area contributed by atoms with Crippen LogP contribution in [0.2, 0.25) is 0 Å². The van der Waals surface area contributed by atoms with Crippen molar-refractivity contribution in [1.29, 1.82) is 5.26 Å². The molecule has 0 N–H and O–H groups in total. The van der Waals surface area contributed by atoms with Gasteiger partial charge >= 0.3 is 0 Å². The molecule has 0 aliphatic heterocycles. The van der Waals surface area contributed by atoms with Gasteiger partial charge in [-0.3, -0.25) is 25.0 Å². The highest BCUT2D eigenvalue weighted by molar-refractivity contribution is 6.12. The molecule has 0 amide bonds. The number of benzene rings is 2. The molecule has 0 atom stereocenters. The molecule has 2 aromatic rings. The van der Waals surface area contributed by atoms with Crippen molar-refractivity contribution in [2.75, 3.05) is 0 Å². The lowest BCUT2D eigenvalue weighted by Crippen LogP contribution is -2.01. The zero-order chi connectivity index (χ0) is 17.1. The van der Waals surface area contributed by atoms with Gasteiger partial charge in [0.1, 0.15) is 6.07 Å². The molecule has 0 saturated heterocycles. The van der Waals surface area contributed by atoms with Crippen LogP contribution in [0.25, 0.3) is 11.1 Å².